The Balaban J connectivity index is 4.62. The molecule has 0 saturated heterocycles. The van der Waals surface area contributed by atoms with Gasteiger partial charge in [-0.2, -0.15) is 4.79 Å². The summed E-state index contributed by atoms with van der Waals surface area (Å²) in [6.07, 6.45) is 0.0460. The van der Waals surface area contributed by atoms with Crippen LogP contribution in [0, 0.1) is 0 Å². The van der Waals surface area contributed by atoms with Crippen molar-refractivity contribution >= 4 is 23.9 Å². The molecule has 0 aromatic heterocycles. The highest BCUT2D eigenvalue weighted by molar-refractivity contribution is 6.25. The summed E-state index contributed by atoms with van der Waals surface area (Å²) in [5.41, 5.74) is 8.26. The highest BCUT2D eigenvalue weighted by atomic mass is 16.5. The number of nitrogens with zero attached hydrogens (tertiary/aromatic N) is 2. The van der Waals surface area contributed by atoms with Gasteiger partial charge in [-0.15, -0.1) is 0 Å². The van der Waals surface area contributed by atoms with E-state index in [-0.39, 0.29) is 12.8 Å². The third-order valence-corrected chi connectivity index (χ3v) is 2.19. The summed E-state index contributed by atoms with van der Waals surface area (Å²) in [5.74, 6) is -1.98. The Labute approximate surface area is 127 Å². The Morgan fingerprint density at radius 2 is 2.14 bits per heavy atom. The Bertz CT molecular complexity index is 502. The van der Waals surface area contributed by atoms with E-state index in [1.165, 1.54) is 0 Å². The largest absolute Gasteiger partial charge is 0.461 e. The molecule has 1 atom stereocenters. The summed E-state index contributed by atoms with van der Waals surface area (Å²) in [5, 5.41) is 2.32. The van der Waals surface area contributed by atoms with Crippen LogP contribution in [0.3, 0.4) is 0 Å². The maximum Gasteiger partial charge on any atom is 0.328 e. The van der Waals surface area contributed by atoms with E-state index in [0.717, 1.165) is 0 Å². The molecular weight excluding hydrogens is 278 g/mol. The molecule has 8 nitrogen and oxygen atoms in total. The summed E-state index contributed by atoms with van der Waals surface area (Å²) >= 11 is 0. The molecule has 0 aromatic rings. The summed E-state index contributed by atoms with van der Waals surface area (Å²) in [4.78, 5) is 37.5. The van der Waals surface area contributed by atoms with Crippen molar-refractivity contribution in [2.45, 2.75) is 45.7 Å². The van der Waals surface area contributed by atoms with Crippen LogP contribution >= 0.6 is 0 Å². The highest BCUT2D eigenvalue weighted by Gasteiger charge is 2.24. The van der Waals surface area contributed by atoms with E-state index in [2.05, 4.69) is 10.1 Å². The van der Waals surface area contributed by atoms with Crippen molar-refractivity contribution in [3.8, 4) is 0 Å². The zero-order chi connectivity index (χ0) is 18.8. The monoisotopic (exact) mass is 302 g/mol. The first-order valence-corrected chi connectivity index (χ1v) is 6.33. The third-order valence-electron chi connectivity index (χ3n) is 2.19. The predicted molar refractivity (Wildman–Crippen MR) is 73.6 cm³/mol. The Kier molecular flexibility index (Phi) is 7.09. The van der Waals surface area contributed by atoms with Crippen molar-refractivity contribution < 1.29 is 32.8 Å². The van der Waals surface area contributed by atoms with Crippen LogP contribution in [0.5, 0.6) is 0 Å². The van der Waals surface area contributed by atoms with E-state index in [1.807, 2.05) is 0 Å². The van der Waals surface area contributed by atoms with Crippen molar-refractivity contribution in [2.24, 2.45) is 0 Å². The number of hydrogen-bond donors (Lipinski definition) is 1. The van der Waals surface area contributed by atoms with Crippen LogP contribution in [0.4, 0.5) is 0 Å². The lowest BCUT2D eigenvalue weighted by molar-refractivity contribution is -0.152. The van der Waals surface area contributed by atoms with Gasteiger partial charge in [0, 0.05) is 17.1 Å². The number of rotatable bonds is 10. The summed E-state index contributed by atoms with van der Waals surface area (Å²) in [6.45, 7) is -0.227. The average Bonchev–Trinajstić information content (AvgIpc) is 2.41. The number of carbonyl (C=O) groups excluding carboxylic acids is 3. The molecule has 0 rings (SSSR count). The van der Waals surface area contributed by atoms with Gasteiger partial charge in [-0.3, -0.25) is 9.59 Å². The Hall–Kier alpha value is -2.05. The number of amides is 1. The molecule has 0 aliphatic heterocycles. The van der Waals surface area contributed by atoms with Gasteiger partial charge >= 0.3 is 12.2 Å². The number of nitrogens with one attached hydrogen (secondary N) is 1. The Morgan fingerprint density at radius 1 is 1.43 bits per heavy atom. The third kappa shape index (κ3) is 9.48. The van der Waals surface area contributed by atoms with Gasteiger partial charge in [0.1, 0.15) is 12.6 Å². The topological polar surface area (TPSA) is 118 Å². The normalized spacial score (nSPS) is 14.1. The molecule has 0 fully saturated rings. The number of hydrogen-bond acceptors (Lipinski definition) is 5. The number of carbonyl (C=O) groups is 3. The van der Waals surface area contributed by atoms with Crippen molar-refractivity contribution in [3.05, 3.63) is 5.53 Å². The lowest BCUT2D eigenvalue weighted by Gasteiger charge is -2.18. The lowest BCUT2D eigenvalue weighted by Crippen LogP contribution is -2.44. The van der Waals surface area contributed by atoms with Gasteiger partial charge in [-0.1, -0.05) is 0 Å². The molecule has 118 valence electrons. The number of ether oxygens (including phenoxy) is 2. The van der Waals surface area contributed by atoms with E-state index in [9.17, 15) is 14.4 Å². The quantitative estimate of drug-likeness (QED) is 0.266. The first kappa shape index (κ1) is 13.9. The number of ketones is 1. The van der Waals surface area contributed by atoms with Crippen LogP contribution in [-0.4, -0.2) is 54.0 Å². The fourth-order valence-electron chi connectivity index (χ4n) is 1.36. The minimum Gasteiger partial charge on any atom is -0.461 e. The van der Waals surface area contributed by atoms with Crippen LogP contribution in [0.1, 0.15) is 37.7 Å². The average molecular weight is 302 g/mol. The van der Waals surface area contributed by atoms with E-state index in [0.29, 0.717) is 6.21 Å². The minimum atomic E-state index is -2.33. The molecule has 21 heavy (non-hydrogen) atoms. The molecular formula is C13H21N3O5. The van der Waals surface area contributed by atoms with Crippen molar-refractivity contribution in [1.82, 2.24) is 5.32 Å². The van der Waals surface area contributed by atoms with Gasteiger partial charge < -0.3 is 20.3 Å². The fourth-order valence-corrected chi connectivity index (χ4v) is 1.36. The lowest BCUT2D eigenvalue weighted by atomic mass is 10.1. The molecule has 1 amide bonds. The van der Waals surface area contributed by atoms with Crippen molar-refractivity contribution in [3.63, 3.8) is 0 Å². The van der Waals surface area contributed by atoms with E-state index < -0.39 is 49.9 Å². The molecule has 1 N–H and O–H groups in total. The molecule has 0 heterocycles. The number of Topliss-reactive ketones (excluding diaryl/α,β-unsaturated/α-hetero) is 1. The second-order valence-electron chi connectivity index (χ2n) is 4.35. The smallest absolute Gasteiger partial charge is 0.328 e. The van der Waals surface area contributed by atoms with Crippen molar-refractivity contribution in [2.75, 3.05) is 13.2 Å². The van der Waals surface area contributed by atoms with E-state index in [1.54, 1.807) is 13.8 Å². The maximum atomic E-state index is 11.9. The molecule has 0 aliphatic carbocycles. The van der Waals surface area contributed by atoms with Gasteiger partial charge in [0.05, 0.1) is 6.10 Å². The first-order chi connectivity index (χ1) is 11.0. The second kappa shape index (κ2) is 10.7. The summed E-state index contributed by atoms with van der Waals surface area (Å²) in [7, 11) is 0. The molecule has 0 saturated carbocycles. The van der Waals surface area contributed by atoms with Crippen LogP contribution in [0.25, 0.3) is 5.53 Å². The summed E-state index contributed by atoms with van der Waals surface area (Å²) in [6, 6.07) is -1.10. The molecule has 0 radical (unpaired) electrons. The van der Waals surface area contributed by atoms with Gasteiger partial charge in [-0.05, 0) is 27.1 Å². The second-order valence-corrected chi connectivity index (χ2v) is 4.35. The molecule has 0 aromatic carbocycles. The first-order valence-electron chi connectivity index (χ1n) is 7.83. The van der Waals surface area contributed by atoms with Crippen LogP contribution < -0.4 is 5.32 Å². The zero-order valence-electron chi connectivity index (χ0n) is 15.0. The van der Waals surface area contributed by atoms with E-state index >= 15 is 0 Å². The molecule has 0 unspecified atom stereocenters. The predicted octanol–water partition coefficient (Wildman–Crippen LogP) is 0.109. The molecule has 0 bridgehead atoms. The van der Waals surface area contributed by atoms with Gasteiger partial charge in [0.25, 0.3) is 0 Å². The van der Waals surface area contributed by atoms with Crippen LogP contribution in [-0.2, 0) is 23.9 Å². The molecule has 0 aliphatic rings. The van der Waals surface area contributed by atoms with Gasteiger partial charge in [0.15, 0.2) is 0 Å². The standard InChI is InChI=1S/C13H21N3O5/c1-4-20-8-12(18)16-11(13(19)21-9(2)3)6-5-10(17)7-15-14/h7,9,11H,4-6,8H2,1-3H3,(H,16,18)/t11-/m0/s1/i1D3. The SMILES string of the molecule is [2H]C([2H])([2H])COCC(=O)N[C@@H](CCC(=O)C=[N+]=[N-])C(=O)OC(C)C. The molecule has 0 spiro atoms. The zero-order valence-corrected chi connectivity index (χ0v) is 12.0. The van der Waals surface area contributed by atoms with Gasteiger partial charge in [0.2, 0.25) is 11.7 Å². The fraction of sp³-hybridized carbons (Fsp3) is 0.692. The van der Waals surface area contributed by atoms with E-state index in [4.69, 9.17) is 19.1 Å². The highest BCUT2D eigenvalue weighted by Crippen LogP contribution is 2.03. The van der Waals surface area contributed by atoms with Crippen molar-refractivity contribution in [1.29, 1.82) is 0 Å². The maximum absolute atomic E-state index is 11.9. The molecule has 8 heteroatoms. The Morgan fingerprint density at radius 3 is 2.71 bits per heavy atom. The summed E-state index contributed by atoms with van der Waals surface area (Å²) < 4.78 is 30.6. The van der Waals surface area contributed by atoms with Crippen LogP contribution in [0.2, 0.25) is 0 Å². The minimum absolute atomic E-state index is 0.0680. The van der Waals surface area contributed by atoms with Gasteiger partial charge in [-0.25, -0.2) is 4.79 Å². The van der Waals surface area contributed by atoms with Crippen LogP contribution in [0.15, 0.2) is 0 Å². The number of esters is 1.